The van der Waals surface area contributed by atoms with Gasteiger partial charge in [-0.1, -0.05) is 44.2 Å². The fourth-order valence-corrected chi connectivity index (χ4v) is 7.03. The van der Waals surface area contributed by atoms with Crippen LogP contribution in [0.15, 0.2) is 54.9 Å². The highest BCUT2D eigenvalue weighted by atomic mass is 19.1. The van der Waals surface area contributed by atoms with Gasteiger partial charge in [0, 0.05) is 76.6 Å². The second kappa shape index (κ2) is 15.0. The number of hydrogen-bond donors (Lipinski definition) is 1. The van der Waals surface area contributed by atoms with Crippen LogP contribution in [0.5, 0.6) is 6.01 Å². The van der Waals surface area contributed by atoms with Crippen LogP contribution in [0.2, 0.25) is 0 Å². The number of anilines is 1. The fourth-order valence-electron chi connectivity index (χ4n) is 7.03. The zero-order valence-corrected chi connectivity index (χ0v) is 28.7. The van der Waals surface area contributed by atoms with Gasteiger partial charge in [-0.3, -0.25) is 24.6 Å². The highest BCUT2D eigenvalue weighted by Gasteiger charge is 2.37. The molecule has 3 saturated heterocycles. The zero-order valence-electron chi connectivity index (χ0n) is 28.7. The molecule has 3 fully saturated rings. The first-order chi connectivity index (χ1) is 23.6. The van der Waals surface area contributed by atoms with Crippen LogP contribution in [0.3, 0.4) is 0 Å². The van der Waals surface area contributed by atoms with Crippen molar-refractivity contribution in [2.24, 2.45) is 0 Å². The molecular weight excluding hydrogens is 623 g/mol. The van der Waals surface area contributed by atoms with Gasteiger partial charge in [0.15, 0.2) is 0 Å². The monoisotopic (exact) mass is 670 g/mol. The molecule has 3 aliphatic rings. The number of ether oxygens (including phenoxy) is 1. The number of imide groups is 1. The number of halogens is 1. The Morgan fingerprint density at radius 2 is 1.71 bits per heavy atom. The summed E-state index contributed by atoms with van der Waals surface area (Å²) in [6, 6.07) is 14.0. The molecule has 0 spiro atoms. The third-order valence-electron chi connectivity index (χ3n) is 10.4. The quantitative estimate of drug-likeness (QED) is 0.220. The molecular formula is C38H47FN6O4. The van der Waals surface area contributed by atoms with E-state index in [1.54, 1.807) is 0 Å². The van der Waals surface area contributed by atoms with Gasteiger partial charge in [0.1, 0.15) is 17.8 Å². The van der Waals surface area contributed by atoms with Crippen LogP contribution in [0.1, 0.15) is 86.1 Å². The normalized spacial score (nSPS) is 20.3. The summed E-state index contributed by atoms with van der Waals surface area (Å²) in [7, 11) is 0. The Morgan fingerprint density at radius 1 is 1.02 bits per heavy atom. The molecule has 3 aromatic rings. The van der Waals surface area contributed by atoms with Gasteiger partial charge in [0.25, 0.3) is 0 Å². The average Bonchev–Trinajstić information content (AvgIpc) is 3.10. The molecule has 1 atom stereocenters. The van der Waals surface area contributed by atoms with Gasteiger partial charge in [0.05, 0.1) is 0 Å². The van der Waals surface area contributed by atoms with Crippen molar-refractivity contribution in [3.63, 3.8) is 0 Å². The third kappa shape index (κ3) is 8.26. The lowest BCUT2D eigenvalue weighted by molar-refractivity contribution is -0.141. The Kier molecular flexibility index (Phi) is 10.6. The average molecular weight is 671 g/mol. The summed E-state index contributed by atoms with van der Waals surface area (Å²) in [5.41, 5.74) is 4.37. The number of aromatic nitrogens is 2. The van der Waals surface area contributed by atoms with Gasteiger partial charge >= 0.3 is 6.01 Å². The Bertz CT molecular complexity index is 1620. The van der Waals surface area contributed by atoms with E-state index >= 15 is 4.39 Å². The minimum absolute atomic E-state index is 0.109. The first-order valence-electron chi connectivity index (χ1n) is 17.5. The Balaban J connectivity index is 0.985. The molecule has 1 aromatic heterocycles. The summed E-state index contributed by atoms with van der Waals surface area (Å²) in [6.45, 7) is 10.2. The number of aryl methyl sites for hydroxylation is 1. The van der Waals surface area contributed by atoms with Crippen LogP contribution < -0.4 is 15.0 Å². The van der Waals surface area contributed by atoms with Crippen LogP contribution in [0.25, 0.3) is 0 Å². The number of nitrogens with zero attached hydrogens (tertiary/aromatic N) is 5. The summed E-state index contributed by atoms with van der Waals surface area (Å²) < 4.78 is 22.5. The maximum Gasteiger partial charge on any atom is 0.316 e. The molecule has 4 heterocycles. The van der Waals surface area contributed by atoms with E-state index < -0.39 is 17.6 Å². The maximum atomic E-state index is 16.4. The van der Waals surface area contributed by atoms with Crippen LogP contribution >= 0.6 is 0 Å². The number of piperidine rings is 3. The maximum absolute atomic E-state index is 16.4. The molecule has 0 saturated carbocycles. The van der Waals surface area contributed by atoms with E-state index in [2.05, 4.69) is 63.2 Å². The number of likely N-dealkylation sites (tertiary alicyclic amines) is 1. The number of hydrogen-bond acceptors (Lipinski definition) is 8. The van der Waals surface area contributed by atoms with E-state index in [4.69, 9.17) is 4.74 Å². The van der Waals surface area contributed by atoms with E-state index in [1.165, 1.54) is 16.2 Å². The lowest BCUT2D eigenvalue weighted by Gasteiger charge is -2.37. The largest absolute Gasteiger partial charge is 0.460 e. The van der Waals surface area contributed by atoms with Crippen molar-refractivity contribution in [3.05, 3.63) is 82.7 Å². The molecule has 6 rings (SSSR count). The Morgan fingerprint density at radius 3 is 2.35 bits per heavy atom. The van der Waals surface area contributed by atoms with E-state index in [1.807, 2.05) is 37.5 Å². The number of nitrogens with one attached hydrogen (secondary N) is 1. The second-order valence-corrected chi connectivity index (χ2v) is 14.1. The van der Waals surface area contributed by atoms with Crippen LogP contribution in [0.4, 0.5) is 10.1 Å². The summed E-state index contributed by atoms with van der Waals surface area (Å²) in [5, 5.41) is 2.31. The third-order valence-corrected chi connectivity index (χ3v) is 10.4. The van der Waals surface area contributed by atoms with Gasteiger partial charge in [-0.2, -0.15) is 0 Å². The number of amides is 3. The number of carbonyl (C=O) groups excluding carboxylic acids is 3. The first-order valence-corrected chi connectivity index (χ1v) is 17.5. The van der Waals surface area contributed by atoms with E-state index in [9.17, 15) is 14.4 Å². The van der Waals surface area contributed by atoms with Gasteiger partial charge in [-0.05, 0) is 72.1 Å². The second-order valence-electron chi connectivity index (χ2n) is 14.1. The predicted octanol–water partition coefficient (Wildman–Crippen LogP) is 5.18. The Hall–Kier alpha value is -4.38. The molecule has 0 aliphatic carbocycles. The highest BCUT2D eigenvalue weighted by molar-refractivity contribution is 6.00. The zero-order chi connectivity index (χ0) is 34.5. The molecule has 0 radical (unpaired) electrons. The number of alkyl halides is 1. The number of carbonyl (C=O) groups is 3. The van der Waals surface area contributed by atoms with Crippen LogP contribution in [0, 0.1) is 6.92 Å². The fraction of sp³-hybridized carbons (Fsp3) is 0.500. The SMILES string of the molecule is Cc1ccc(C2(F)CCN(Cc3ccc(N4CCC(Oc5ncc(C(C)C)cn5)CC4)cc3)CC2)cc1CN(C=O)C1CCC(=O)NC1=O. The number of rotatable bonds is 11. The van der Waals surface area contributed by atoms with Gasteiger partial charge in [0.2, 0.25) is 18.2 Å². The highest BCUT2D eigenvalue weighted by Crippen LogP contribution is 2.38. The summed E-state index contributed by atoms with van der Waals surface area (Å²) in [6.07, 6.45) is 7.50. The van der Waals surface area contributed by atoms with Crippen molar-refractivity contribution in [2.75, 3.05) is 31.1 Å². The van der Waals surface area contributed by atoms with Crippen molar-refractivity contribution >= 4 is 23.9 Å². The van der Waals surface area contributed by atoms with Crippen LogP contribution in [-0.4, -0.2) is 76.3 Å². The molecule has 1 N–H and O–H groups in total. The first kappa shape index (κ1) is 34.5. The topological polar surface area (TPSA) is 108 Å². The van der Waals surface area contributed by atoms with Gasteiger partial charge in [-0.25, -0.2) is 14.4 Å². The molecule has 3 amide bonds. The molecule has 10 nitrogen and oxygen atoms in total. The summed E-state index contributed by atoms with van der Waals surface area (Å²) in [5.74, 6) is -0.403. The van der Waals surface area contributed by atoms with Crippen molar-refractivity contribution in [3.8, 4) is 6.01 Å². The van der Waals surface area contributed by atoms with Crippen molar-refractivity contribution in [1.82, 2.24) is 25.1 Å². The summed E-state index contributed by atoms with van der Waals surface area (Å²) >= 11 is 0. The molecule has 49 heavy (non-hydrogen) atoms. The molecule has 0 bridgehead atoms. The Labute approximate surface area is 288 Å². The van der Waals surface area contributed by atoms with E-state index in [0.29, 0.717) is 49.8 Å². The van der Waals surface area contributed by atoms with E-state index in [0.717, 1.165) is 49.2 Å². The standard InChI is InChI=1S/C38H47FN6O4/c1-26(2)30-21-40-37(41-22-30)49-33-12-16-44(17-13-33)32-8-5-28(6-9-32)23-43-18-14-38(39,15-19-43)31-7-4-27(3)29(20-31)24-45(25-46)34-10-11-35(47)42-36(34)48/h4-9,20-22,25-26,33-34H,10-19,23-24H2,1-3H3,(H,42,47,48). The van der Waals surface area contributed by atoms with Crippen molar-refractivity contribution < 1.29 is 23.5 Å². The van der Waals surface area contributed by atoms with Gasteiger partial charge < -0.3 is 14.5 Å². The predicted molar refractivity (Wildman–Crippen MR) is 185 cm³/mol. The van der Waals surface area contributed by atoms with Crippen molar-refractivity contribution in [2.45, 2.75) is 96.1 Å². The van der Waals surface area contributed by atoms with Crippen molar-refractivity contribution in [1.29, 1.82) is 0 Å². The van der Waals surface area contributed by atoms with Crippen LogP contribution in [-0.2, 0) is 33.1 Å². The number of benzene rings is 2. The minimum Gasteiger partial charge on any atom is -0.460 e. The summed E-state index contributed by atoms with van der Waals surface area (Å²) in [4.78, 5) is 50.8. The minimum atomic E-state index is -1.47. The smallest absolute Gasteiger partial charge is 0.316 e. The molecule has 11 heteroatoms. The van der Waals surface area contributed by atoms with Gasteiger partial charge in [-0.15, -0.1) is 0 Å². The lowest BCUT2D eigenvalue weighted by Crippen LogP contribution is -2.51. The molecule has 1 unspecified atom stereocenters. The molecule has 260 valence electrons. The molecule has 2 aromatic carbocycles. The lowest BCUT2D eigenvalue weighted by atomic mass is 9.84. The van der Waals surface area contributed by atoms with E-state index in [-0.39, 0.29) is 31.4 Å². The molecule has 3 aliphatic heterocycles.